The molecule has 2 aliphatic rings. The molecule has 3 heterocycles. The van der Waals surface area contributed by atoms with E-state index in [2.05, 4.69) is 15.2 Å². The van der Waals surface area contributed by atoms with Gasteiger partial charge >= 0.3 is 0 Å². The van der Waals surface area contributed by atoms with Crippen molar-refractivity contribution in [2.75, 3.05) is 26.2 Å². The van der Waals surface area contributed by atoms with Crippen LogP contribution in [0.5, 0.6) is 0 Å². The van der Waals surface area contributed by atoms with E-state index in [9.17, 15) is 0 Å². The van der Waals surface area contributed by atoms with E-state index in [4.69, 9.17) is 4.74 Å². The van der Waals surface area contributed by atoms with E-state index in [0.717, 1.165) is 31.9 Å². The van der Waals surface area contributed by atoms with Crippen LogP contribution in [0.3, 0.4) is 0 Å². The van der Waals surface area contributed by atoms with E-state index in [-0.39, 0.29) is 0 Å². The van der Waals surface area contributed by atoms with Crippen LogP contribution in [-0.2, 0) is 11.3 Å². The molecule has 4 heteroatoms. The zero-order valence-electron chi connectivity index (χ0n) is 10.7. The second-order valence-electron chi connectivity index (χ2n) is 5.20. The van der Waals surface area contributed by atoms with Gasteiger partial charge in [-0.2, -0.15) is 0 Å². The third-order valence-corrected chi connectivity index (χ3v) is 3.87. The predicted molar refractivity (Wildman–Crippen MR) is 70.3 cm³/mol. The second-order valence-corrected chi connectivity index (χ2v) is 5.20. The monoisotopic (exact) mass is 247 g/mol. The summed E-state index contributed by atoms with van der Waals surface area (Å²) in [5.41, 5.74) is 1.09. The molecule has 2 unspecified atom stereocenters. The fourth-order valence-electron chi connectivity index (χ4n) is 2.87. The summed E-state index contributed by atoms with van der Waals surface area (Å²) in [5.74, 6) is 0. The molecule has 1 aromatic rings. The molecular weight excluding hydrogens is 226 g/mol. The number of pyridine rings is 1. The Balaban J connectivity index is 1.41. The van der Waals surface area contributed by atoms with Gasteiger partial charge in [-0.25, -0.2) is 0 Å². The standard InChI is InChI=1S/C14H21N3O/c1-2-6-16-12(4-1)8-15-9-14-10-17-7-3-5-13(17)11-18-14/h1-2,4,6,13-15H,3,5,7-11H2. The number of hydrogen-bond acceptors (Lipinski definition) is 4. The highest BCUT2D eigenvalue weighted by Crippen LogP contribution is 2.22. The van der Waals surface area contributed by atoms with Crippen LogP contribution in [0, 0.1) is 0 Å². The molecule has 0 bridgehead atoms. The number of aromatic nitrogens is 1. The molecule has 18 heavy (non-hydrogen) atoms. The van der Waals surface area contributed by atoms with Gasteiger partial charge in [-0.3, -0.25) is 9.88 Å². The van der Waals surface area contributed by atoms with Gasteiger partial charge in [0.2, 0.25) is 0 Å². The van der Waals surface area contributed by atoms with Crippen molar-refractivity contribution in [1.82, 2.24) is 15.2 Å². The van der Waals surface area contributed by atoms with Crippen molar-refractivity contribution < 1.29 is 4.74 Å². The summed E-state index contributed by atoms with van der Waals surface area (Å²) in [4.78, 5) is 6.88. The van der Waals surface area contributed by atoms with Crippen molar-refractivity contribution in [3.63, 3.8) is 0 Å². The molecule has 98 valence electrons. The van der Waals surface area contributed by atoms with Crippen LogP contribution in [-0.4, -0.2) is 48.3 Å². The Labute approximate surface area is 108 Å². The average Bonchev–Trinajstić information content (AvgIpc) is 2.87. The summed E-state index contributed by atoms with van der Waals surface area (Å²) in [7, 11) is 0. The van der Waals surface area contributed by atoms with Crippen LogP contribution >= 0.6 is 0 Å². The van der Waals surface area contributed by atoms with Crippen LogP contribution in [0.4, 0.5) is 0 Å². The minimum atomic E-state index is 0.336. The van der Waals surface area contributed by atoms with Gasteiger partial charge in [0.15, 0.2) is 0 Å². The molecule has 2 saturated heterocycles. The van der Waals surface area contributed by atoms with Crippen LogP contribution < -0.4 is 5.32 Å². The number of hydrogen-bond donors (Lipinski definition) is 1. The van der Waals surface area contributed by atoms with E-state index in [1.54, 1.807) is 0 Å². The molecule has 2 aliphatic heterocycles. The summed E-state index contributed by atoms with van der Waals surface area (Å²) in [6.07, 6.45) is 4.82. The molecule has 0 spiro atoms. The Kier molecular flexibility index (Phi) is 3.88. The maximum absolute atomic E-state index is 5.91. The number of nitrogens with one attached hydrogen (secondary N) is 1. The zero-order chi connectivity index (χ0) is 12.2. The van der Waals surface area contributed by atoms with Crippen molar-refractivity contribution in [2.45, 2.75) is 31.5 Å². The van der Waals surface area contributed by atoms with Gasteiger partial charge in [0.05, 0.1) is 18.4 Å². The summed E-state index contributed by atoms with van der Waals surface area (Å²) >= 11 is 0. The largest absolute Gasteiger partial charge is 0.374 e. The summed E-state index contributed by atoms with van der Waals surface area (Å²) < 4.78 is 5.91. The first-order valence-electron chi connectivity index (χ1n) is 6.88. The first-order valence-corrected chi connectivity index (χ1v) is 6.88. The summed E-state index contributed by atoms with van der Waals surface area (Å²) in [5, 5.41) is 3.44. The minimum Gasteiger partial charge on any atom is -0.374 e. The highest BCUT2D eigenvalue weighted by Gasteiger charge is 2.31. The van der Waals surface area contributed by atoms with Crippen molar-refractivity contribution in [3.8, 4) is 0 Å². The van der Waals surface area contributed by atoms with Gasteiger partial charge in [0.1, 0.15) is 0 Å². The van der Waals surface area contributed by atoms with Gasteiger partial charge < -0.3 is 10.1 Å². The first-order chi connectivity index (χ1) is 8.92. The Bertz CT molecular complexity index is 371. The Morgan fingerprint density at radius 3 is 3.33 bits per heavy atom. The van der Waals surface area contributed by atoms with E-state index in [0.29, 0.717) is 12.1 Å². The maximum atomic E-state index is 5.91. The quantitative estimate of drug-likeness (QED) is 0.862. The molecule has 4 nitrogen and oxygen atoms in total. The maximum Gasteiger partial charge on any atom is 0.0827 e. The topological polar surface area (TPSA) is 37.4 Å². The number of nitrogens with zero attached hydrogens (tertiary/aromatic N) is 2. The highest BCUT2D eigenvalue weighted by atomic mass is 16.5. The molecule has 0 aromatic carbocycles. The molecule has 0 radical (unpaired) electrons. The zero-order valence-corrected chi connectivity index (χ0v) is 10.7. The van der Waals surface area contributed by atoms with E-state index in [1.807, 2.05) is 24.4 Å². The minimum absolute atomic E-state index is 0.336. The van der Waals surface area contributed by atoms with Crippen molar-refractivity contribution in [3.05, 3.63) is 30.1 Å². The van der Waals surface area contributed by atoms with E-state index < -0.39 is 0 Å². The van der Waals surface area contributed by atoms with Gasteiger partial charge in [-0.05, 0) is 31.5 Å². The third-order valence-electron chi connectivity index (χ3n) is 3.87. The smallest absolute Gasteiger partial charge is 0.0827 e. The number of rotatable bonds is 4. The molecule has 2 fully saturated rings. The third kappa shape index (κ3) is 2.88. The Hall–Kier alpha value is -0.970. The SMILES string of the molecule is c1ccc(CNCC2CN3CCCC3CO2)nc1. The Morgan fingerprint density at radius 1 is 1.44 bits per heavy atom. The molecule has 0 saturated carbocycles. The van der Waals surface area contributed by atoms with Gasteiger partial charge in [-0.1, -0.05) is 6.07 Å². The van der Waals surface area contributed by atoms with Crippen LogP contribution in [0.25, 0.3) is 0 Å². The number of morpholine rings is 1. The molecule has 2 atom stereocenters. The van der Waals surface area contributed by atoms with E-state index in [1.165, 1.54) is 19.4 Å². The van der Waals surface area contributed by atoms with Gasteiger partial charge in [0, 0.05) is 31.9 Å². The summed E-state index contributed by atoms with van der Waals surface area (Å²) in [6, 6.07) is 6.71. The van der Waals surface area contributed by atoms with Crippen molar-refractivity contribution in [2.24, 2.45) is 0 Å². The average molecular weight is 247 g/mol. The summed E-state index contributed by atoms with van der Waals surface area (Å²) in [6.45, 7) is 4.99. The van der Waals surface area contributed by atoms with Crippen LogP contribution in [0.2, 0.25) is 0 Å². The normalized spacial score (nSPS) is 28.2. The molecular formula is C14H21N3O. The highest BCUT2D eigenvalue weighted by molar-refractivity contribution is 5.02. The lowest BCUT2D eigenvalue weighted by molar-refractivity contribution is -0.0470. The fourth-order valence-corrected chi connectivity index (χ4v) is 2.87. The lowest BCUT2D eigenvalue weighted by Gasteiger charge is -2.35. The van der Waals surface area contributed by atoms with Gasteiger partial charge in [-0.15, -0.1) is 0 Å². The number of fused-ring (bicyclic) bond motifs is 1. The van der Waals surface area contributed by atoms with E-state index >= 15 is 0 Å². The fraction of sp³-hybridized carbons (Fsp3) is 0.643. The van der Waals surface area contributed by atoms with Crippen LogP contribution in [0.15, 0.2) is 24.4 Å². The molecule has 0 amide bonds. The Morgan fingerprint density at radius 2 is 2.44 bits per heavy atom. The molecule has 1 N–H and O–H groups in total. The van der Waals surface area contributed by atoms with Crippen molar-refractivity contribution in [1.29, 1.82) is 0 Å². The predicted octanol–water partition coefficient (Wildman–Crippen LogP) is 1.03. The van der Waals surface area contributed by atoms with Crippen LogP contribution in [0.1, 0.15) is 18.5 Å². The second kappa shape index (κ2) is 5.78. The number of ether oxygens (including phenoxy) is 1. The van der Waals surface area contributed by atoms with Crippen molar-refractivity contribution >= 4 is 0 Å². The lowest BCUT2D eigenvalue weighted by Crippen LogP contribution is -2.49. The molecule has 0 aliphatic carbocycles. The lowest BCUT2D eigenvalue weighted by atomic mass is 10.2. The molecule has 1 aromatic heterocycles. The molecule has 3 rings (SSSR count). The first kappa shape index (κ1) is 12.1. The van der Waals surface area contributed by atoms with Gasteiger partial charge in [0.25, 0.3) is 0 Å².